The number of nitrogens with zero attached hydrogens (tertiary/aromatic N) is 2. The molecule has 0 radical (unpaired) electrons. The van der Waals surface area contributed by atoms with E-state index in [2.05, 4.69) is 5.32 Å². The van der Waals surface area contributed by atoms with E-state index in [1.807, 2.05) is 0 Å². The summed E-state index contributed by atoms with van der Waals surface area (Å²) < 4.78 is 0. The van der Waals surface area contributed by atoms with Crippen molar-refractivity contribution in [1.82, 2.24) is 15.1 Å². The average Bonchev–Trinajstić information content (AvgIpc) is 3.22. The predicted octanol–water partition coefficient (Wildman–Crippen LogP) is -1.81. The minimum Gasteiger partial charge on any atom is -0.465 e. The number of hydrogen-bond acceptors (Lipinski definition) is 5. The van der Waals surface area contributed by atoms with Gasteiger partial charge >= 0.3 is 6.09 Å². The second-order valence-electron chi connectivity index (χ2n) is 6.63. The maximum absolute atomic E-state index is 12.5. The molecule has 2 aliphatic heterocycles. The Kier molecular flexibility index (Phi) is 5.83. The molecule has 4 amide bonds. The SMILES string of the molecule is C[C@H](NC(=O)[C@H]1CCN(C(=O)[C@H]2CCN(C(=O)O)C2)C1)[C@@H](O)C(N)=O. The summed E-state index contributed by atoms with van der Waals surface area (Å²) in [5, 5.41) is 21.0. The Morgan fingerprint density at radius 1 is 1.08 bits per heavy atom. The lowest BCUT2D eigenvalue weighted by molar-refractivity contribution is -0.134. The number of aliphatic hydroxyl groups is 1. The fourth-order valence-corrected chi connectivity index (χ4v) is 3.24. The third-order valence-corrected chi connectivity index (χ3v) is 4.81. The molecular formula is C15H24N4O6. The van der Waals surface area contributed by atoms with Gasteiger partial charge in [0.25, 0.3) is 0 Å². The zero-order valence-electron chi connectivity index (χ0n) is 14.1. The number of primary amides is 1. The van der Waals surface area contributed by atoms with Crippen molar-refractivity contribution < 1.29 is 29.4 Å². The molecule has 0 spiro atoms. The maximum atomic E-state index is 12.5. The normalized spacial score (nSPS) is 25.5. The Balaban J connectivity index is 1.84. The van der Waals surface area contributed by atoms with Gasteiger partial charge in [-0.1, -0.05) is 0 Å². The first-order chi connectivity index (χ1) is 11.7. The van der Waals surface area contributed by atoms with Crippen molar-refractivity contribution in [3.8, 4) is 0 Å². The van der Waals surface area contributed by atoms with Gasteiger partial charge in [-0.05, 0) is 19.8 Å². The zero-order valence-corrected chi connectivity index (χ0v) is 14.1. The number of carbonyl (C=O) groups is 4. The second-order valence-corrected chi connectivity index (χ2v) is 6.63. The van der Waals surface area contributed by atoms with Crippen molar-refractivity contribution in [3.63, 3.8) is 0 Å². The van der Waals surface area contributed by atoms with E-state index in [1.54, 1.807) is 4.90 Å². The van der Waals surface area contributed by atoms with Gasteiger partial charge in [0.2, 0.25) is 17.7 Å². The van der Waals surface area contributed by atoms with Gasteiger partial charge in [-0.3, -0.25) is 14.4 Å². The van der Waals surface area contributed by atoms with Gasteiger partial charge in [0.1, 0.15) is 0 Å². The van der Waals surface area contributed by atoms with Crippen LogP contribution >= 0.6 is 0 Å². The number of carbonyl (C=O) groups excluding carboxylic acids is 3. The summed E-state index contributed by atoms with van der Waals surface area (Å²) in [7, 11) is 0. The van der Waals surface area contributed by atoms with Crippen molar-refractivity contribution in [2.75, 3.05) is 26.2 Å². The van der Waals surface area contributed by atoms with E-state index in [-0.39, 0.29) is 30.8 Å². The number of carboxylic acid groups (broad SMARTS) is 1. The molecule has 0 saturated carbocycles. The molecule has 10 heteroatoms. The lowest BCUT2D eigenvalue weighted by atomic mass is 10.1. The molecule has 2 saturated heterocycles. The van der Waals surface area contributed by atoms with E-state index in [4.69, 9.17) is 10.8 Å². The van der Waals surface area contributed by atoms with Gasteiger partial charge in [0.15, 0.2) is 6.10 Å². The lowest BCUT2D eigenvalue weighted by Crippen LogP contribution is -2.49. The molecule has 0 bridgehead atoms. The maximum Gasteiger partial charge on any atom is 0.407 e. The van der Waals surface area contributed by atoms with Crippen LogP contribution in [0.1, 0.15) is 19.8 Å². The highest BCUT2D eigenvalue weighted by molar-refractivity contribution is 5.85. The van der Waals surface area contributed by atoms with Gasteiger partial charge in [-0.25, -0.2) is 4.79 Å². The van der Waals surface area contributed by atoms with Crippen LogP contribution in [0.2, 0.25) is 0 Å². The summed E-state index contributed by atoms with van der Waals surface area (Å²) in [5.74, 6) is -2.19. The molecule has 140 valence electrons. The predicted molar refractivity (Wildman–Crippen MR) is 85.2 cm³/mol. The van der Waals surface area contributed by atoms with Crippen LogP contribution in [0.4, 0.5) is 4.79 Å². The Morgan fingerprint density at radius 3 is 2.20 bits per heavy atom. The number of nitrogens with one attached hydrogen (secondary N) is 1. The van der Waals surface area contributed by atoms with Gasteiger partial charge in [-0.2, -0.15) is 0 Å². The average molecular weight is 356 g/mol. The van der Waals surface area contributed by atoms with Crippen molar-refractivity contribution in [2.45, 2.75) is 31.9 Å². The Hall–Kier alpha value is -2.36. The van der Waals surface area contributed by atoms with Crippen molar-refractivity contribution >= 4 is 23.8 Å². The van der Waals surface area contributed by atoms with E-state index < -0.39 is 30.1 Å². The van der Waals surface area contributed by atoms with Crippen LogP contribution in [0.25, 0.3) is 0 Å². The molecular weight excluding hydrogens is 332 g/mol. The summed E-state index contributed by atoms with van der Waals surface area (Å²) in [5.41, 5.74) is 4.99. The summed E-state index contributed by atoms with van der Waals surface area (Å²) in [6, 6.07) is -0.811. The molecule has 2 fully saturated rings. The van der Waals surface area contributed by atoms with E-state index in [1.165, 1.54) is 11.8 Å². The van der Waals surface area contributed by atoms with Crippen LogP contribution in [0.3, 0.4) is 0 Å². The number of aliphatic hydroxyl groups excluding tert-OH is 1. The molecule has 0 aliphatic carbocycles. The van der Waals surface area contributed by atoms with Crippen LogP contribution in [-0.4, -0.2) is 82.2 Å². The molecule has 0 unspecified atom stereocenters. The quantitative estimate of drug-likeness (QED) is 0.455. The second kappa shape index (κ2) is 7.68. The van der Waals surface area contributed by atoms with Gasteiger partial charge in [-0.15, -0.1) is 0 Å². The Bertz CT molecular complexity index is 568. The fourth-order valence-electron chi connectivity index (χ4n) is 3.24. The number of amides is 4. The highest BCUT2D eigenvalue weighted by Crippen LogP contribution is 2.24. The minimum atomic E-state index is -1.47. The first kappa shape index (κ1) is 19.0. The van der Waals surface area contributed by atoms with E-state index >= 15 is 0 Å². The van der Waals surface area contributed by atoms with E-state index in [0.29, 0.717) is 25.9 Å². The highest BCUT2D eigenvalue weighted by Gasteiger charge is 2.38. The Morgan fingerprint density at radius 2 is 1.64 bits per heavy atom. The molecule has 5 N–H and O–H groups in total. The van der Waals surface area contributed by atoms with Crippen LogP contribution in [0.5, 0.6) is 0 Å². The van der Waals surface area contributed by atoms with Gasteiger partial charge in [0.05, 0.1) is 17.9 Å². The van der Waals surface area contributed by atoms with Gasteiger partial charge < -0.3 is 31.1 Å². The molecule has 2 rings (SSSR count). The molecule has 0 aromatic carbocycles. The molecule has 4 atom stereocenters. The standard InChI is InChI=1S/C15H24N4O6/c1-8(11(20)12(16)21)17-13(22)9-2-4-18(6-9)14(23)10-3-5-19(7-10)15(24)25/h8-11,20H,2-7H2,1H3,(H2,16,21)(H,17,22)(H,24,25)/t8-,9-,10-,11+/m0/s1. The first-order valence-corrected chi connectivity index (χ1v) is 8.25. The summed E-state index contributed by atoms with van der Waals surface area (Å²) in [6.07, 6.45) is -1.54. The summed E-state index contributed by atoms with van der Waals surface area (Å²) >= 11 is 0. The largest absolute Gasteiger partial charge is 0.465 e. The topological polar surface area (TPSA) is 153 Å². The zero-order chi connectivity index (χ0) is 18.7. The number of nitrogens with two attached hydrogens (primary N) is 1. The van der Waals surface area contributed by atoms with Crippen molar-refractivity contribution in [3.05, 3.63) is 0 Å². The highest BCUT2D eigenvalue weighted by atomic mass is 16.4. The fraction of sp³-hybridized carbons (Fsp3) is 0.733. The Labute approximate surface area is 144 Å². The molecule has 0 aromatic rings. The van der Waals surface area contributed by atoms with Crippen molar-refractivity contribution in [1.29, 1.82) is 0 Å². The smallest absolute Gasteiger partial charge is 0.407 e. The van der Waals surface area contributed by atoms with Crippen LogP contribution in [-0.2, 0) is 14.4 Å². The van der Waals surface area contributed by atoms with E-state index in [0.717, 1.165) is 0 Å². The third kappa shape index (κ3) is 4.38. The third-order valence-electron chi connectivity index (χ3n) is 4.81. The van der Waals surface area contributed by atoms with Crippen LogP contribution < -0.4 is 11.1 Å². The molecule has 10 nitrogen and oxygen atoms in total. The monoisotopic (exact) mass is 356 g/mol. The minimum absolute atomic E-state index is 0.135. The number of hydrogen-bond donors (Lipinski definition) is 4. The van der Waals surface area contributed by atoms with Crippen LogP contribution in [0.15, 0.2) is 0 Å². The molecule has 2 aliphatic rings. The van der Waals surface area contributed by atoms with Crippen LogP contribution in [0, 0.1) is 11.8 Å². The summed E-state index contributed by atoms with van der Waals surface area (Å²) in [6.45, 7) is 2.67. The molecule has 2 heterocycles. The summed E-state index contributed by atoms with van der Waals surface area (Å²) in [4.78, 5) is 49.4. The number of rotatable bonds is 5. The van der Waals surface area contributed by atoms with E-state index in [9.17, 15) is 24.3 Å². The first-order valence-electron chi connectivity index (χ1n) is 8.25. The van der Waals surface area contributed by atoms with Gasteiger partial charge in [0, 0.05) is 26.2 Å². The number of likely N-dealkylation sites (tertiary alicyclic amines) is 2. The van der Waals surface area contributed by atoms with Crippen molar-refractivity contribution in [2.24, 2.45) is 17.6 Å². The lowest BCUT2D eigenvalue weighted by Gasteiger charge is -2.22. The molecule has 25 heavy (non-hydrogen) atoms. The molecule has 0 aromatic heterocycles.